The number of thioether (sulfide) groups is 1. The second kappa shape index (κ2) is 8.08. The molecule has 0 radical (unpaired) electrons. The molecule has 0 unspecified atom stereocenters. The van der Waals surface area contributed by atoms with Gasteiger partial charge in [0.1, 0.15) is 0 Å². The van der Waals surface area contributed by atoms with Crippen LogP contribution in [0.5, 0.6) is 0 Å². The highest BCUT2D eigenvalue weighted by atomic mass is 32.2. The SMILES string of the molecule is O=C(CSc1ncccn1)NCCN1CCOCC1. The fourth-order valence-corrected chi connectivity index (χ4v) is 2.35. The van der Waals surface area contributed by atoms with E-state index in [9.17, 15) is 4.79 Å². The summed E-state index contributed by atoms with van der Waals surface area (Å²) in [5.41, 5.74) is 0. The number of hydrogen-bond donors (Lipinski definition) is 1. The van der Waals surface area contributed by atoms with Crippen LogP contribution in [0, 0.1) is 0 Å². The van der Waals surface area contributed by atoms with Crippen molar-refractivity contribution in [3.8, 4) is 0 Å². The van der Waals surface area contributed by atoms with E-state index >= 15 is 0 Å². The Morgan fingerprint density at radius 3 is 2.84 bits per heavy atom. The molecule has 1 aromatic heterocycles. The van der Waals surface area contributed by atoms with Crippen LogP contribution in [0.25, 0.3) is 0 Å². The molecule has 0 spiro atoms. The van der Waals surface area contributed by atoms with Gasteiger partial charge in [0.25, 0.3) is 0 Å². The Bertz CT molecular complexity index is 385. The van der Waals surface area contributed by atoms with E-state index in [2.05, 4.69) is 20.2 Å². The molecule has 1 N–H and O–H groups in total. The minimum Gasteiger partial charge on any atom is -0.379 e. The van der Waals surface area contributed by atoms with Crippen molar-refractivity contribution in [1.29, 1.82) is 0 Å². The third-order valence-electron chi connectivity index (χ3n) is 2.73. The maximum Gasteiger partial charge on any atom is 0.230 e. The Balaban J connectivity index is 1.57. The predicted molar refractivity (Wildman–Crippen MR) is 73.0 cm³/mol. The lowest BCUT2D eigenvalue weighted by molar-refractivity contribution is -0.118. The van der Waals surface area contributed by atoms with E-state index in [-0.39, 0.29) is 5.91 Å². The molecule has 6 nitrogen and oxygen atoms in total. The number of hydrogen-bond acceptors (Lipinski definition) is 6. The first kappa shape index (κ1) is 14.2. The van der Waals surface area contributed by atoms with Crippen LogP contribution in [0.15, 0.2) is 23.6 Å². The molecular formula is C12H18N4O2S. The monoisotopic (exact) mass is 282 g/mol. The molecule has 2 rings (SSSR count). The van der Waals surface area contributed by atoms with Gasteiger partial charge in [-0.05, 0) is 6.07 Å². The Morgan fingerprint density at radius 1 is 1.37 bits per heavy atom. The summed E-state index contributed by atoms with van der Waals surface area (Å²) in [6.07, 6.45) is 3.34. The van der Waals surface area contributed by atoms with Gasteiger partial charge in [0.05, 0.1) is 19.0 Å². The van der Waals surface area contributed by atoms with Gasteiger partial charge in [0.2, 0.25) is 5.91 Å². The predicted octanol–water partition coefficient (Wildman–Crippen LogP) is 0.0171. The van der Waals surface area contributed by atoms with E-state index in [4.69, 9.17) is 4.74 Å². The van der Waals surface area contributed by atoms with Gasteiger partial charge >= 0.3 is 0 Å². The smallest absolute Gasteiger partial charge is 0.230 e. The van der Waals surface area contributed by atoms with E-state index in [1.807, 2.05) is 0 Å². The second-order valence-electron chi connectivity index (χ2n) is 4.12. The average Bonchev–Trinajstić information content (AvgIpc) is 2.47. The molecule has 1 amide bonds. The van der Waals surface area contributed by atoms with Gasteiger partial charge in [-0.2, -0.15) is 0 Å². The van der Waals surface area contributed by atoms with Crippen molar-refractivity contribution in [1.82, 2.24) is 20.2 Å². The molecule has 0 atom stereocenters. The van der Waals surface area contributed by atoms with Crippen LogP contribution in [0.2, 0.25) is 0 Å². The van der Waals surface area contributed by atoms with Crippen molar-refractivity contribution >= 4 is 17.7 Å². The number of rotatable bonds is 6. The van der Waals surface area contributed by atoms with Crippen molar-refractivity contribution in [2.24, 2.45) is 0 Å². The first-order valence-corrected chi connectivity index (χ1v) is 7.30. The van der Waals surface area contributed by atoms with E-state index in [1.165, 1.54) is 11.8 Å². The Labute approximate surface area is 116 Å². The largest absolute Gasteiger partial charge is 0.379 e. The summed E-state index contributed by atoms with van der Waals surface area (Å²) >= 11 is 1.35. The summed E-state index contributed by atoms with van der Waals surface area (Å²) in [4.78, 5) is 22.0. The number of amides is 1. The van der Waals surface area contributed by atoms with Crippen LogP contribution in [-0.4, -0.2) is 65.9 Å². The molecule has 104 valence electrons. The van der Waals surface area contributed by atoms with Crippen LogP contribution in [-0.2, 0) is 9.53 Å². The Morgan fingerprint density at radius 2 is 2.11 bits per heavy atom. The maximum atomic E-state index is 11.6. The molecule has 0 aliphatic carbocycles. The van der Waals surface area contributed by atoms with Gasteiger partial charge in [-0.15, -0.1) is 0 Å². The zero-order chi connectivity index (χ0) is 13.3. The number of nitrogens with zero attached hydrogens (tertiary/aromatic N) is 3. The molecule has 1 saturated heterocycles. The van der Waals surface area contributed by atoms with Crippen molar-refractivity contribution in [3.63, 3.8) is 0 Å². The quantitative estimate of drug-likeness (QED) is 0.586. The summed E-state index contributed by atoms with van der Waals surface area (Å²) in [5, 5.41) is 3.53. The summed E-state index contributed by atoms with van der Waals surface area (Å²) in [5.74, 6) is 0.373. The first-order chi connectivity index (χ1) is 9.34. The number of ether oxygens (including phenoxy) is 1. The summed E-state index contributed by atoms with van der Waals surface area (Å²) < 4.78 is 5.27. The lowest BCUT2D eigenvalue weighted by Gasteiger charge is -2.26. The lowest BCUT2D eigenvalue weighted by atomic mass is 10.4. The molecule has 0 bridgehead atoms. The highest BCUT2D eigenvalue weighted by molar-refractivity contribution is 7.99. The minimum absolute atomic E-state index is 0.0192. The van der Waals surface area contributed by atoms with Gasteiger partial charge < -0.3 is 10.1 Å². The second-order valence-corrected chi connectivity index (χ2v) is 5.07. The van der Waals surface area contributed by atoms with E-state index in [0.717, 1.165) is 32.8 Å². The first-order valence-electron chi connectivity index (χ1n) is 6.31. The highest BCUT2D eigenvalue weighted by Crippen LogP contribution is 2.09. The normalized spacial score (nSPS) is 16.2. The van der Waals surface area contributed by atoms with Crippen molar-refractivity contribution in [3.05, 3.63) is 18.5 Å². The Kier molecular flexibility index (Phi) is 6.06. The van der Waals surface area contributed by atoms with Crippen molar-refractivity contribution in [2.45, 2.75) is 5.16 Å². The van der Waals surface area contributed by atoms with Gasteiger partial charge in [-0.3, -0.25) is 9.69 Å². The van der Waals surface area contributed by atoms with E-state index < -0.39 is 0 Å². The molecule has 1 aromatic rings. The van der Waals surface area contributed by atoms with Crippen LogP contribution in [0.3, 0.4) is 0 Å². The van der Waals surface area contributed by atoms with Gasteiger partial charge in [0, 0.05) is 38.6 Å². The fraction of sp³-hybridized carbons (Fsp3) is 0.583. The van der Waals surface area contributed by atoms with Crippen molar-refractivity contribution in [2.75, 3.05) is 45.1 Å². The molecule has 1 fully saturated rings. The third-order valence-corrected chi connectivity index (χ3v) is 3.60. The molecule has 2 heterocycles. The minimum atomic E-state index is 0.0192. The standard InChI is InChI=1S/C12H18N4O2S/c17-11(10-19-12-14-2-1-3-15-12)13-4-5-16-6-8-18-9-7-16/h1-3H,4-10H2,(H,13,17). The van der Waals surface area contributed by atoms with E-state index in [0.29, 0.717) is 17.5 Å². The average molecular weight is 282 g/mol. The van der Waals surface area contributed by atoms with E-state index in [1.54, 1.807) is 18.5 Å². The van der Waals surface area contributed by atoms with Gasteiger partial charge in [-0.25, -0.2) is 9.97 Å². The topological polar surface area (TPSA) is 67.4 Å². The van der Waals surface area contributed by atoms with Crippen LogP contribution < -0.4 is 5.32 Å². The molecule has 0 saturated carbocycles. The van der Waals surface area contributed by atoms with Gasteiger partial charge in [0.15, 0.2) is 5.16 Å². The molecule has 0 aromatic carbocycles. The maximum absolute atomic E-state index is 11.6. The zero-order valence-electron chi connectivity index (χ0n) is 10.7. The summed E-state index contributed by atoms with van der Waals surface area (Å²) in [6.45, 7) is 5.02. The number of carbonyl (C=O) groups is 1. The molecule has 1 aliphatic rings. The third kappa shape index (κ3) is 5.54. The number of nitrogens with one attached hydrogen (secondary N) is 1. The van der Waals surface area contributed by atoms with Crippen LogP contribution in [0.1, 0.15) is 0 Å². The lowest BCUT2D eigenvalue weighted by Crippen LogP contribution is -2.41. The highest BCUT2D eigenvalue weighted by Gasteiger charge is 2.10. The van der Waals surface area contributed by atoms with Crippen LogP contribution in [0.4, 0.5) is 0 Å². The summed E-state index contributed by atoms with van der Waals surface area (Å²) in [6, 6.07) is 1.76. The molecule has 7 heteroatoms. The zero-order valence-corrected chi connectivity index (χ0v) is 11.6. The Hall–Kier alpha value is -1.18. The number of morpholine rings is 1. The van der Waals surface area contributed by atoms with Gasteiger partial charge in [-0.1, -0.05) is 11.8 Å². The molecule has 1 aliphatic heterocycles. The number of carbonyl (C=O) groups excluding carboxylic acids is 1. The van der Waals surface area contributed by atoms with Crippen LogP contribution >= 0.6 is 11.8 Å². The fourth-order valence-electron chi connectivity index (χ4n) is 1.72. The van der Waals surface area contributed by atoms with Crippen molar-refractivity contribution < 1.29 is 9.53 Å². The molecular weight excluding hydrogens is 264 g/mol. The molecule has 19 heavy (non-hydrogen) atoms. The number of aromatic nitrogens is 2. The summed E-state index contributed by atoms with van der Waals surface area (Å²) in [7, 11) is 0.